The lowest BCUT2D eigenvalue weighted by Gasteiger charge is -2.04. The number of thioether (sulfide) groups is 2. The Morgan fingerprint density at radius 3 is 2.73 bits per heavy atom. The van der Waals surface area contributed by atoms with Crippen LogP contribution in [0.1, 0.15) is 5.69 Å². The predicted molar refractivity (Wildman–Crippen MR) is 118 cm³/mol. The molecule has 0 aliphatic heterocycles. The summed E-state index contributed by atoms with van der Waals surface area (Å²) in [4.78, 5) is 17.2. The van der Waals surface area contributed by atoms with Crippen LogP contribution in [0.15, 0.2) is 62.7 Å². The van der Waals surface area contributed by atoms with Crippen LogP contribution < -0.4 is 10.9 Å². The van der Waals surface area contributed by atoms with Crippen molar-refractivity contribution in [3.63, 3.8) is 0 Å². The molecule has 0 radical (unpaired) electrons. The summed E-state index contributed by atoms with van der Waals surface area (Å²) >= 11 is 9.18. The van der Waals surface area contributed by atoms with E-state index in [1.165, 1.54) is 39.8 Å². The van der Waals surface area contributed by atoms with Gasteiger partial charge in [-0.25, -0.2) is 4.98 Å². The van der Waals surface area contributed by atoms with E-state index in [9.17, 15) is 13.6 Å². The van der Waals surface area contributed by atoms with Crippen LogP contribution in [0.5, 0.6) is 0 Å². The first kappa shape index (κ1) is 21.0. The molecule has 0 saturated heterocycles. The Hall–Kier alpha value is -2.21. The molecule has 0 aliphatic carbocycles. The highest BCUT2D eigenvalue weighted by Crippen LogP contribution is 2.31. The fraction of sp³-hybridized carbons (Fsp3) is 0.111. The number of nitrogens with zero attached hydrogens (tertiary/aromatic N) is 4. The van der Waals surface area contributed by atoms with Gasteiger partial charge in [-0.3, -0.25) is 9.20 Å². The first-order valence-electron chi connectivity index (χ1n) is 8.42. The zero-order chi connectivity index (χ0) is 21.1. The Bertz CT molecular complexity index is 1230. The van der Waals surface area contributed by atoms with Crippen molar-refractivity contribution in [2.45, 2.75) is 20.7 Å². The topological polar surface area (TPSA) is 72.2 Å². The normalized spacial score (nSPS) is 11.3. The van der Waals surface area contributed by atoms with Crippen LogP contribution in [-0.4, -0.2) is 25.3 Å². The molecular formula is C18H12ClF2N5OS3. The Labute approximate surface area is 186 Å². The minimum atomic E-state index is -2.45. The van der Waals surface area contributed by atoms with Crippen molar-refractivity contribution < 1.29 is 8.78 Å². The second-order valence-corrected chi connectivity index (χ2v) is 9.55. The van der Waals surface area contributed by atoms with Crippen LogP contribution in [0.2, 0.25) is 5.02 Å². The van der Waals surface area contributed by atoms with Gasteiger partial charge in [-0.2, -0.15) is 8.78 Å². The molecule has 3 aromatic heterocycles. The third-order valence-electron chi connectivity index (χ3n) is 3.76. The van der Waals surface area contributed by atoms with E-state index in [0.29, 0.717) is 48.2 Å². The van der Waals surface area contributed by atoms with E-state index in [-0.39, 0.29) is 5.56 Å². The molecule has 0 atom stereocenters. The van der Waals surface area contributed by atoms with Crippen LogP contribution >= 0.6 is 46.5 Å². The van der Waals surface area contributed by atoms with Crippen LogP contribution in [0.4, 0.5) is 19.6 Å². The Kier molecular flexibility index (Phi) is 6.52. The van der Waals surface area contributed by atoms with E-state index in [4.69, 9.17) is 11.6 Å². The van der Waals surface area contributed by atoms with E-state index in [2.05, 4.69) is 20.5 Å². The van der Waals surface area contributed by atoms with E-state index >= 15 is 0 Å². The zero-order valence-electron chi connectivity index (χ0n) is 15.0. The molecule has 0 fully saturated rings. The summed E-state index contributed by atoms with van der Waals surface area (Å²) in [7, 11) is 0. The van der Waals surface area contributed by atoms with Gasteiger partial charge in [0.05, 0.1) is 10.7 Å². The van der Waals surface area contributed by atoms with Gasteiger partial charge in [0, 0.05) is 28.6 Å². The highest BCUT2D eigenvalue weighted by molar-refractivity contribution is 8.00. The highest BCUT2D eigenvalue weighted by atomic mass is 35.5. The molecule has 6 nitrogen and oxygen atoms in total. The molecule has 154 valence electrons. The number of benzene rings is 1. The number of hydrogen-bond donors (Lipinski definition) is 1. The lowest BCUT2D eigenvalue weighted by atomic mass is 10.3. The van der Waals surface area contributed by atoms with Gasteiger partial charge in [-0.1, -0.05) is 46.5 Å². The highest BCUT2D eigenvalue weighted by Gasteiger charge is 2.09. The first-order chi connectivity index (χ1) is 14.5. The molecule has 0 bridgehead atoms. The molecule has 30 heavy (non-hydrogen) atoms. The summed E-state index contributed by atoms with van der Waals surface area (Å²) in [5.74, 6) is -1.99. The van der Waals surface area contributed by atoms with Crippen molar-refractivity contribution >= 4 is 62.9 Å². The lowest BCUT2D eigenvalue weighted by Crippen LogP contribution is -2.14. The first-order valence-corrected chi connectivity index (χ1v) is 11.5. The van der Waals surface area contributed by atoms with Crippen molar-refractivity contribution in [3.8, 4) is 0 Å². The summed E-state index contributed by atoms with van der Waals surface area (Å²) in [5, 5.41) is 12.3. The summed E-state index contributed by atoms with van der Waals surface area (Å²) in [5.41, 5.74) is 1.68. The van der Waals surface area contributed by atoms with Crippen molar-refractivity contribution in [1.29, 1.82) is 0 Å². The molecule has 3 heterocycles. The number of aromatic nitrogens is 4. The molecule has 0 saturated carbocycles. The lowest BCUT2D eigenvalue weighted by molar-refractivity contribution is 0.252. The molecular weight excluding hydrogens is 472 g/mol. The second-order valence-electron chi connectivity index (χ2n) is 5.85. The number of fused-ring (bicyclic) bond motifs is 1. The molecule has 1 N–H and O–H groups in total. The average Bonchev–Trinajstić information content (AvgIpc) is 3.15. The maximum absolute atomic E-state index is 12.4. The van der Waals surface area contributed by atoms with Gasteiger partial charge in [0.2, 0.25) is 5.13 Å². The van der Waals surface area contributed by atoms with Crippen LogP contribution in [0.3, 0.4) is 0 Å². The Morgan fingerprint density at radius 2 is 1.97 bits per heavy atom. The summed E-state index contributed by atoms with van der Waals surface area (Å²) < 4.78 is 26.9. The number of halogens is 3. The quantitative estimate of drug-likeness (QED) is 0.345. The van der Waals surface area contributed by atoms with Gasteiger partial charge in [0.15, 0.2) is 4.34 Å². The maximum Gasteiger partial charge on any atom is 0.288 e. The summed E-state index contributed by atoms with van der Waals surface area (Å²) in [6.45, 7) is 0. The van der Waals surface area contributed by atoms with Crippen LogP contribution in [0, 0.1) is 0 Å². The van der Waals surface area contributed by atoms with E-state index in [1.807, 2.05) is 0 Å². The largest absolute Gasteiger partial charge is 0.330 e. The molecule has 1 aromatic carbocycles. The van der Waals surface area contributed by atoms with Crippen LogP contribution in [0.25, 0.3) is 5.65 Å². The second kappa shape index (κ2) is 9.29. The number of nitrogens with one attached hydrogen (secondary N) is 1. The van der Waals surface area contributed by atoms with E-state index < -0.39 is 5.76 Å². The van der Waals surface area contributed by atoms with E-state index in [1.54, 1.807) is 36.4 Å². The zero-order valence-corrected chi connectivity index (χ0v) is 18.2. The number of hydrogen-bond acceptors (Lipinski definition) is 8. The fourth-order valence-corrected chi connectivity index (χ4v) is 4.82. The Balaban J connectivity index is 1.39. The Morgan fingerprint density at radius 1 is 1.17 bits per heavy atom. The van der Waals surface area contributed by atoms with Gasteiger partial charge in [-0.05, 0) is 36.4 Å². The van der Waals surface area contributed by atoms with Gasteiger partial charge < -0.3 is 5.32 Å². The number of rotatable bonds is 7. The summed E-state index contributed by atoms with van der Waals surface area (Å²) in [6.07, 6.45) is 1.53. The molecule has 0 aliphatic rings. The minimum absolute atomic E-state index is 0.203. The number of alkyl halides is 2. The van der Waals surface area contributed by atoms with Gasteiger partial charge in [0.1, 0.15) is 5.65 Å². The van der Waals surface area contributed by atoms with Crippen molar-refractivity contribution in [1.82, 2.24) is 19.6 Å². The van der Waals surface area contributed by atoms with Crippen LogP contribution in [-0.2, 0) is 5.75 Å². The van der Waals surface area contributed by atoms with Crippen molar-refractivity contribution in [2.24, 2.45) is 0 Å². The molecule has 12 heteroatoms. The standard InChI is InChI=1S/C18H12ClF2N5OS3/c19-10-1-6-14-22-12(7-15(27)26(14)8-10)9-28-18-25-24-17(30-18)23-11-2-4-13(5-3-11)29-16(20)21/h1-8,16H,9H2,(H,23,24). The molecule has 0 spiro atoms. The minimum Gasteiger partial charge on any atom is -0.330 e. The number of anilines is 2. The fourth-order valence-electron chi connectivity index (χ4n) is 2.50. The van der Waals surface area contributed by atoms with Gasteiger partial charge in [-0.15, -0.1) is 10.2 Å². The SMILES string of the molecule is O=c1cc(CSc2nnc(Nc3ccc(SC(F)F)cc3)s2)nc2ccc(Cl)cn12. The monoisotopic (exact) mass is 483 g/mol. The van der Waals surface area contributed by atoms with E-state index in [0.717, 1.165) is 5.69 Å². The van der Waals surface area contributed by atoms with Crippen molar-refractivity contribution in [2.75, 3.05) is 5.32 Å². The molecule has 0 unspecified atom stereocenters. The third-order valence-corrected chi connectivity index (χ3v) is 6.71. The maximum atomic E-state index is 12.4. The average molecular weight is 484 g/mol. The van der Waals surface area contributed by atoms with Gasteiger partial charge in [0.25, 0.3) is 11.3 Å². The number of pyridine rings is 1. The molecule has 4 rings (SSSR count). The third kappa shape index (κ3) is 5.28. The predicted octanol–water partition coefficient (Wildman–Crippen LogP) is 5.55. The molecule has 4 aromatic rings. The smallest absolute Gasteiger partial charge is 0.288 e. The molecule has 0 amide bonds. The van der Waals surface area contributed by atoms with Crippen molar-refractivity contribution in [3.05, 3.63) is 69.7 Å². The van der Waals surface area contributed by atoms with Gasteiger partial charge >= 0.3 is 0 Å². The summed E-state index contributed by atoms with van der Waals surface area (Å²) in [6, 6.07) is 11.5.